The minimum Gasteiger partial charge on any atom is -0.514 e. The number of nitrogens with zero attached hydrogens (tertiary/aromatic N) is 4. The third kappa shape index (κ3) is 32.5. The molecule has 1 saturated heterocycles. The van der Waals surface area contributed by atoms with Crippen LogP contribution < -0.4 is 27.7 Å². The van der Waals surface area contributed by atoms with E-state index in [2.05, 4.69) is 164 Å². The second kappa shape index (κ2) is 54.0. The van der Waals surface area contributed by atoms with Gasteiger partial charge in [0.15, 0.2) is 0 Å². The first-order valence-corrected chi connectivity index (χ1v) is 28.5. The number of halogens is 1. The van der Waals surface area contributed by atoms with Gasteiger partial charge in [0.25, 0.3) is 0 Å². The maximum atomic E-state index is 6.07. The number of hydrogen-bond acceptors (Lipinski definition) is 6. The fourth-order valence-corrected chi connectivity index (χ4v) is 8.87. The number of H-pyrrole nitrogens is 4. The van der Waals surface area contributed by atoms with Crippen LogP contribution in [0.3, 0.4) is 0 Å². The van der Waals surface area contributed by atoms with Crippen molar-refractivity contribution < 1.29 is 142 Å². The molecule has 6 atom stereocenters. The quantitative estimate of drug-likeness (QED) is 0.0487. The summed E-state index contributed by atoms with van der Waals surface area (Å²) in [5.74, 6) is 9.31. The average Bonchev–Trinajstić information content (AvgIpc) is 4.24. The smallest absolute Gasteiger partial charge is 0.514 e. The number of benzene rings is 4. The Balaban J connectivity index is -0.000000133. The first-order chi connectivity index (χ1) is 34.7. The molecule has 4 N–H and O–H groups in total. The molecule has 0 bridgehead atoms. The molecular weight excluding hydrogens is 1630 g/mol. The number of imidazole rings is 4. The van der Waals surface area contributed by atoms with E-state index in [0.29, 0.717) is 34.3 Å². The first-order valence-electron chi connectivity index (χ1n) is 22.0. The molecule has 1 aliphatic rings. The van der Waals surface area contributed by atoms with Crippen LogP contribution in [0.5, 0.6) is 0 Å². The summed E-state index contributed by atoms with van der Waals surface area (Å²) in [6, 6.07) is 33.1. The standard InChI is InChI=1S/C22H18N4P2.C17H21BN2O2P.C11H9BrN2P.2C2H4P.6CH3.6V.W/c1-3-27-21-23-13-19(25-21)17-9-5-15(6-10-17)16-7-11-18(12-8-16)20-14-24-22(26-20)28-4-2;1-6-23-15-19-11-14(20-15)12-7-9-13(10-8-12)18-21-16(2,3)17(4,5)22-18;1-2-15-11-13-7-10(14-11)8-3-5-9(12)6-4-8;2*1-2-3;;;;;;;;;;;;;/h1-14,27-28H,(H,23,25)(H,24,26);1,6-11,23H,2-5H3,(H,19,20);1-7,15H,(H,13,14);2*1-2H,3H2;6*1H3;;;;;;;/q-2;10*-1;6*+2;. The van der Waals surface area contributed by atoms with Gasteiger partial charge in [0, 0.05) is 25.5 Å². The minimum absolute atomic E-state index is 0. The Morgan fingerprint density at radius 3 is 0.835 bits per heavy atom. The van der Waals surface area contributed by atoms with E-state index in [1.165, 1.54) is 11.6 Å². The molecule has 5 heterocycles. The van der Waals surface area contributed by atoms with Crippen molar-refractivity contribution in [3.63, 3.8) is 0 Å². The molecule has 6 unspecified atom stereocenters. The topological polar surface area (TPSA) is 133 Å². The summed E-state index contributed by atoms with van der Waals surface area (Å²) < 4.78 is 13.2. The van der Waals surface area contributed by atoms with Crippen molar-refractivity contribution in [1.29, 1.82) is 0 Å². The number of nitrogens with one attached hydrogen (secondary N) is 4. The predicted octanol–water partition coefficient (Wildman–Crippen LogP) is 14.7. The van der Waals surface area contributed by atoms with E-state index < -0.39 is 0 Å². The van der Waals surface area contributed by atoms with Gasteiger partial charge in [-0.25, -0.2) is 43.2 Å². The van der Waals surface area contributed by atoms with Crippen molar-refractivity contribution in [1.82, 2.24) is 39.9 Å². The van der Waals surface area contributed by atoms with Gasteiger partial charge in [0.1, 0.15) is 22.3 Å². The molecule has 1 aliphatic heterocycles. The zero-order valence-electron chi connectivity index (χ0n) is 49.3. The zero-order valence-corrected chi connectivity index (χ0v) is 68.5. The normalized spacial score (nSPS) is 11.4. The Labute approximate surface area is 618 Å². The molecule has 0 saturated carbocycles. The van der Waals surface area contributed by atoms with Crippen LogP contribution in [0.4, 0.5) is 0 Å². The Morgan fingerprint density at radius 2 is 0.612 bits per heavy atom. The molecule has 0 amide bonds. The van der Waals surface area contributed by atoms with Gasteiger partial charge < -0.3 is 113 Å². The molecule has 10 nitrogen and oxygen atoms in total. The van der Waals surface area contributed by atoms with Crippen LogP contribution in [0.15, 0.2) is 161 Å². The molecule has 4 aromatic heterocycles. The van der Waals surface area contributed by atoms with E-state index >= 15 is 0 Å². The van der Waals surface area contributed by atoms with E-state index in [-0.39, 0.29) is 195 Å². The van der Waals surface area contributed by atoms with Gasteiger partial charge in [0.2, 0.25) is 0 Å². The average molecular weight is 1710 g/mol. The fraction of sp³-hybridized carbons (Fsp3) is 0.100. The number of rotatable bonds is 14. The third-order valence-corrected chi connectivity index (χ3v) is 14.1. The Bertz CT molecular complexity index is 2920. The fourth-order valence-electron chi connectivity index (χ4n) is 6.59. The maximum Gasteiger partial charge on any atom is 2.00 e. The summed E-state index contributed by atoms with van der Waals surface area (Å²) in [5.41, 5.74) is 14.7. The second-order valence-corrected chi connectivity index (χ2v) is 22.2. The molecule has 0 aliphatic carbocycles. The molecule has 25 heteroatoms. The van der Waals surface area contributed by atoms with Gasteiger partial charge in [-0.1, -0.05) is 135 Å². The molecule has 0 spiro atoms. The van der Waals surface area contributed by atoms with Crippen LogP contribution in [-0.4, -0.2) is 58.2 Å². The van der Waals surface area contributed by atoms with Crippen molar-refractivity contribution in [2.75, 3.05) is 0 Å². The Hall–Kier alpha value is -0.600. The van der Waals surface area contributed by atoms with Gasteiger partial charge in [0.05, 0.1) is 58.8 Å². The van der Waals surface area contributed by atoms with Crippen molar-refractivity contribution in [2.24, 2.45) is 0 Å². The summed E-state index contributed by atoms with van der Waals surface area (Å²) >= 11 is 3.40. The molecule has 4 aromatic carbocycles. The third-order valence-electron chi connectivity index (χ3n) is 10.8. The van der Waals surface area contributed by atoms with Crippen LogP contribution in [0.1, 0.15) is 27.7 Å². The SMILES string of the molecule is [CH-]=CP.[CH-]=CP.[CH-]=CPc1ncc(-c2ccc(-c3ccc(-c4cnc(PC=[CH-])[nH]4)cc3)cc2)[nH]1.[CH-]=CPc1ncc(-c2ccc(B3OC(C)(C)C(C)(C)O3)cc2)[nH]1.[CH-]=CPc1ncc(-c2ccc(Br)cc2)[nH]1.[CH3-].[CH3-].[CH3-].[CH3-].[CH3-].[CH3-].[V+2].[V+2].[V+2].[V+2].[V+2].[V+2].[W]. The minimum atomic E-state index is -0.334. The molecule has 6 radical (unpaired) electrons. The number of aromatic amines is 4. The van der Waals surface area contributed by atoms with Crippen LogP contribution in [-0.2, 0) is 142 Å². The van der Waals surface area contributed by atoms with Crippen LogP contribution in [0.2, 0.25) is 0 Å². The van der Waals surface area contributed by atoms with E-state index in [9.17, 15) is 0 Å². The van der Waals surface area contributed by atoms with Gasteiger partial charge in [-0.15, -0.1) is 0 Å². The predicted molar refractivity (Wildman–Crippen MR) is 361 cm³/mol. The monoisotopic (exact) mass is 1700 g/mol. The van der Waals surface area contributed by atoms with Gasteiger partial charge in [-0.2, -0.15) is 18.5 Å². The first kappa shape index (κ1) is 103. The van der Waals surface area contributed by atoms with Crippen molar-refractivity contribution in [3.8, 4) is 56.2 Å². The molecule has 85 heavy (non-hydrogen) atoms. The van der Waals surface area contributed by atoms with E-state index in [1.807, 2.05) is 73.3 Å². The number of aromatic nitrogens is 8. The van der Waals surface area contributed by atoms with Crippen molar-refractivity contribution in [2.45, 2.75) is 38.9 Å². The van der Waals surface area contributed by atoms with Gasteiger partial charge in [-0.05, 0) is 78.7 Å². The molecule has 1 fully saturated rings. The molecular formula is C60H74BBrN8O2P6V6W. The Morgan fingerprint density at radius 1 is 0.412 bits per heavy atom. The number of hydrogen-bond donors (Lipinski definition) is 4. The summed E-state index contributed by atoms with van der Waals surface area (Å²) in [4.78, 5) is 30.3. The van der Waals surface area contributed by atoms with Gasteiger partial charge in [-0.3, -0.25) is 11.6 Å². The Kier molecular flexibility index (Phi) is 65.6. The maximum absolute atomic E-state index is 6.07. The summed E-state index contributed by atoms with van der Waals surface area (Å²) in [6.07, 6.45) is 7.35. The van der Waals surface area contributed by atoms with Crippen LogP contribution in [0.25, 0.3) is 56.2 Å². The van der Waals surface area contributed by atoms with Crippen molar-refractivity contribution in [3.05, 3.63) is 245 Å². The van der Waals surface area contributed by atoms with Crippen LogP contribution >= 0.6 is 68.7 Å². The van der Waals surface area contributed by atoms with E-state index in [1.54, 1.807) is 23.3 Å². The van der Waals surface area contributed by atoms with Crippen LogP contribution in [0, 0.1) is 84.0 Å². The molecule has 442 valence electrons. The largest absolute Gasteiger partial charge is 2.00 e. The summed E-state index contributed by atoms with van der Waals surface area (Å²) in [5, 5.41) is 0. The van der Waals surface area contributed by atoms with Crippen molar-refractivity contribution >= 4 is 104 Å². The summed E-state index contributed by atoms with van der Waals surface area (Å²) in [7, 11) is 5.72. The van der Waals surface area contributed by atoms with Gasteiger partial charge >= 0.3 is 118 Å². The van der Waals surface area contributed by atoms with E-state index in [4.69, 9.17) is 35.6 Å². The zero-order chi connectivity index (χ0) is 52.1. The molecule has 8 aromatic rings. The van der Waals surface area contributed by atoms with E-state index in [0.717, 1.165) is 88.4 Å². The molecule has 9 rings (SSSR count). The second-order valence-electron chi connectivity index (χ2n) is 16.1. The summed E-state index contributed by atoms with van der Waals surface area (Å²) in [6.45, 7) is 39.3.